The van der Waals surface area contributed by atoms with Gasteiger partial charge in [-0.2, -0.15) is 0 Å². The lowest BCUT2D eigenvalue weighted by atomic mass is 9.96. The Kier molecular flexibility index (Phi) is 4.57. The fraction of sp³-hybridized carbons (Fsp3) is 0.200. The Labute approximate surface area is 145 Å². The summed E-state index contributed by atoms with van der Waals surface area (Å²) in [6.07, 6.45) is 1.25. The van der Waals surface area contributed by atoms with Gasteiger partial charge in [-0.25, -0.2) is 4.79 Å². The fourth-order valence-corrected chi connectivity index (χ4v) is 2.70. The van der Waals surface area contributed by atoms with Gasteiger partial charge in [-0.1, -0.05) is 49.3 Å². The molecule has 128 valence electrons. The molecule has 0 aliphatic carbocycles. The highest BCUT2D eigenvalue weighted by atomic mass is 16.5. The van der Waals surface area contributed by atoms with Gasteiger partial charge in [0, 0.05) is 11.6 Å². The molecule has 25 heavy (non-hydrogen) atoms. The molecule has 3 aromatic rings. The van der Waals surface area contributed by atoms with Gasteiger partial charge in [-0.15, -0.1) is 0 Å². The molecule has 1 aromatic heterocycles. The van der Waals surface area contributed by atoms with Gasteiger partial charge >= 0.3 is 5.97 Å². The SMILES string of the molecule is COC=C(C(=O)O)c1cccc2ccc(-c3cc(C(C)C)no3)cc12. The monoisotopic (exact) mass is 337 g/mol. The Morgan fingerprint density at radius 1 is 1.24 bits per heavy atom. The number of aliphatic carboxylic acids is 1. The van der Waals surface area contributed by atoms with Gasteiger partial charge < -0.3 is 14.4 Å². The van der Waals surface area contributed by atoms with Gasteiger partial charge in [0.15, 0.2) is 5.76 Å². The van der Waals surface area contributed by atoms with E-state index in [-0.39, 0.29) is 11.5 Å². The average Bonchev–Trinajstić information content (AvgIpc) is 3.09. The van der Waals surface area contributed by atoms with E-state index in [0.717, 1.165) is 22.0 Å². The predicted octanol–water partition coefficient (Wildman–Crippen LogP) is 4.69. The highest BCUT2D eigenvalue weighted by molar-refractivity contribution is 6.19. The van der Waals surface area contributed by atoms with Crippen LogP contribution in [0.15, 0.2) is 53.2 Å². The summed E-state index contributed by atoms with van der Waals surface area (Å²) in [5.74, 6) is -0.105. The average molecular weight is 337 g/mol. The first-order valence-corrected chi connectivity index (χ1v) is 7.97. The normalized spacial score (nSPS) is 11.9. The van der Waals surface area contributed by atoms with E-state index in [1.54, 1.807) is 6.07 Å². The van der Waals surface area contributed by atoms with E-state index in [4.69, 9.17) is 9.26 Å². The first-order chi connectivity index (χ1) is 12.0. The number of ether oxygens (including phenoxy) is 1. The molecule has 5 nitrogen and oxygen atoms in total. The van der Waals surface area contributed by atoms with Gasteiger partial charge in [-0.05, 0) is 28.3 Å². The largest absolute Gasteiger partial charge is 0.503 e. The smallest absolute Gasteiger partial charge is 0.339 e. The minimum absolute atomic E-state index is 0.102. The molecule has 5 heteroatoms. The summed E-state index contributed by atoms with van der Waals surface area (Å²) in [4.78, 5) is 11.6. The zero-order valence-electron chi connectivity index (χ0n) is 14.3. The molecule has 0 saturated heterocycles. The van der Waals surface area contributed by atoms with Crippen molar-refractivity contribution in [2.75, 3.05) is 7.11 Å². The van der Waals surface area contributed by atoms with Crippen LogP contribution >= 0.6 is 0 Å². The van der Waals surface area contributed by atoms with Gasteiger partial charge in [0.2, 0.25) is 0 Å². The van der Waals surface area contributed by atoms with Crippen molar-refractivity contribution in [3.8, 4) is 11.3 Å². The Morgan fingerprint density at radius 2 is 2.04 bits per heavy atom. The highest BCUT2D eigenvalue weighted by Crippen LogP contribution is 2.31. The molecular weight excluding hydrogens is 318 g/mol. The molecule has 0 unspecified atom stereocenters. The molecule has 2 aromatic carbocycles. The van der Waals surface area contributed by atoms with E-state index in [1.807, 2.05) is 36.4 Å². The molecule has 0 radical (unpaired) electrons. The van der Waals surface area contributed by atoms with E-state index in [0.29, 0.717) is 11.3 Å². The van der Waals surface area contributed by atoms with Gasteiger partial charge in [-0.3, -0.25) is 0 Å². The summed E-state index contributed by atoms with van der Waals surface area (Å²) >= 11 is 0. The Balaban J connectivity index is 2.17. The number of carbonyl (C=O) groups is 1. The third kappa shape index (κ3) is 3.26. The molecule has 0 aliphatic heterocycles. The molecule has 1 heterocycles. The number of carboxylic acids is 1. The summed E-state index contributed by atoms with van der Waals surface area (Å²) in [5, 5.41) is 15.3. The van der Waals surface area contributed by atoms with Crippen LogP contribution in [-0.4, -0.2) is 23.3 Å². The van der Waals surface area contributed by atoms with Crippen LogP contribution in [0.4, 0.5) is 0 Å². The van der Waals surface area contributed by atoms with E-state index >= 15 is 0 Å². The lowest BCUT2D eigenvalue weighted by Crippen LogP contribution is -2.01. The molecule has 0 fully saturated rings. The first-order valence-electron chi connectivity index (χ1n) is 7.97. The van der Waals surface area contributed by atoms with Crippen LogP contribution in [0.3, 0.4) is 0 Å². The molecule has 0 spiro atoms. The number of rotatable bonds is 5. The van der Waals surface area contributed by atoms with Crippen molar-refractivity contribution in [3.63, 3.8) is 0 Å². The van der Waals surface area contributed by atoms with Crippen LogP contribution < -0.4 is 0 Å². The van der Waals surface area contributed by atoms with Crippen molar-refractivity contribution in [3.05, 3.63) is 60.0 Å². The van der Waals surface area contributed by atoms with Crippen molar-refractivity contribution >= 4 is 22.3 Å². The van der Waals surface area contributed by atoms with Crippen molar-refractivity contribution in [2.24, 2.45) is 0 Å². The zero-order chi connectivity index (χ0) is 18.0. The predicted molar refractivity (Wildman–Crippen MR) is 96.2 cm³/mol. The van der Waals surface area contributed by atoms with Crippen LogP contribution in [0.1, 0.15) is 31.0 Å². The zero-order valence-corrected chi connectivity index (χ0v) is 14.3. The minimum atomic E-state index is -1.04. The maximum absolute atomic E-state index is 11.6. The van der Waals surface area contributed by atoms with Crippen LogP contribution in [0.5, 0.6) is 0 Å². The third-order valence-corrected chi connectivity index (χ3v) is 4.04. The number of hydrogen-bond donors (Lipinski definition) is 1. The number of carboxylic acid groups (broad SMARTS) is 1. The number of nitrogens with zero attached hydrogens (tertiary/aromatic N) is 1. The second-order valence-electron chi connectivity index (χ2n) is 6.08. The van der Waals surface area contributed by atoms with Crippen molar-refractivity contribution in [2.45, 2.75) is 19.8 Å². The topological polar surface area (TPSA) is 72.6 Å². The van der Waals surface area contributed by atoms with Crippen LogP contribution in [0.2, 0.25) is 0 Å². The van der Waals surface area contributed by atoms with Gasteiger partial charge in [0.1, 0.15) is 5.57 Å². The van der Waals surface area contributed by atoms with Gasteiger partial charge in [0.25, 0.3) is 0 Å². The molecule has 3 rings (SSSR count). The van der Waals surface area contributed by atoms with Crippen LogP contribution in [0, 0.1) is 0 Å². The number of hydrogen-bond acceptors (Lipinski definition) is 4. The Morgan fingerprint density at radius 3 is 2.68 bits per heavy atom. The number of fused-ring (bicyclic) bond motifs is 1. The molecule has 0 bridgehead atoms. The van der Waals surface area contributed by atoms with Gasteiger partial charge in [0.05, 0.1) is 19.1 Å². The maximum atomic E-state index is 11.6. The molecule has 1 N–H and O–H groups in total. The minimum Gasteiger partial charge on any atom is -0.503 e. The van der Waals surface area contributed by atoms with E-state index in [9.17, 15) is 9.90 Å². The lowest BCUT2D eigenvalue weighted by Gasteiger charge is -2.08. The third-order valence-electron chi connectivity index (χ3n) is 4.04. The Bertz CT molecular complexity index is 953. The maximum Gasteiger partial charge on any atom is 0.339 e. The molecule has 0 amide bonds. The number of aromatic nitrogens is 1. The highest BCUT2D eigenvalue weighted by Gasteiger charge is 2.16. The van der Waals surface area contributed by atoms with Crippen molar-refractivity contribution in [1.29, 1.82) is 0 Å². The first kappa shape index (κ1) is 16.8. The summed E-state index contributed by atoms with van der Waals surface area (Å²) in [7, 11) is 1.43. The lowest BCUT2D eigenvalue weighted by molar-refractivity contribution is -0.130. The number of benzene rings is 2. The summed E-state index contributed by atoms with van der Waals surface area (Å²) in [6.45, 7) is 4.10. The standard InChI is InChI=1S/C20H19NO4/c1-12(2)18-10-19(25-21-18)14-8-7-13-5-4-6-15(16(13)9-14)17(11-24-3)20(22)23/h4-12H,1-3H3,(H,22,23). The summed E-state index contributed by atoms with van der Waals surface area (Å²) < 4.78 is 10.4. The Hall–Kier alpha value is -3.08. The fourth-order valence-electron chi connectivity index (χ4n) is 2.70. The molecule has 0 aliphatic rings. The number of methoxy groups -OCH3 is 1. The quantitative estimate of drug-likeness (QED) is 0.540. The summed E-state index contributed by atoms with van der Waals surface area (Å²) in [5.41, 5.74) is 2.43. The second kappa shape index (κ2) is 6.81. The van der Waals surface area contributed by atoms with Crippen molar-refractivity contribution < 1.29 is 19.2 Å². The van der Waals surface area contributed by atoms with E-state index in [1.165, 1.54) is 13.4 Å². The molecule has 0 atom stereocenters. The molecule has 0 saturated carbocycles. The van der Waals surface area contributed by atoms with E-state index < -0.39 is 5.97 Å². The second-order valence-corrected chi connectivity index (χ2v) is 6.08. The van der Waals surface area contributed by atoms with E-state index in [2.05, 4.69) is 19.0 Å². The summed E-state index contributed by atoms with van der Waals surface area (Å²) in [6, 6.07) is 13.3. The van der Waals surface area contributed by atoms with Crippen LogP contribution in [0.25, 0.3) is 27.7 Å². The van der Waals surface area contributed by atoms with Crippen LogP contribution in [-0.2, 0) is 9.53 Å². The molecular formula is C20H19NO4. The van der Waals surface area contributed by atoms with Crippen molar-refractivity contribution in [1.82, 2.24) is 5.16 Å².